The van der Waals surface area contributed by atoms with Crippen LogP contribution in [0.4, 0.5) is 0 Å². The molecular formula is C17H19NO4. The maximum atomic E-state index is 12.2. The molecule has 0 saturated heterocycles. The van der Waals surface area contributed by atoms with E-state index in [1.54, 1.807) is 18.4 Å². The third kappa shape index (κ3) is 4.05. The van der Waals surface area contributed by atoms with Crippen molar-refractivity contribution in [1.29, 1.82) is 0 Å². The molecule has 2 N–H and O–H groups in total. The molecule has 0 radical (unpaired) electrons. The van der Waals surface area contributed by atoms with Crippen molar-refractivity contribution in [3.05, 3.63) is 59.0 Å². The van der Waals surface area contributed by atoms with Crippen molar-refractivity contribution in [2.75, 3.05) is 6.61 Å². The van der Waals surface area contributed by atoms with Gasteiger partial charge in [0.2, 0.25) is 0 Å². The summed E-state index contributed by atoms with van der Waals surface area (Å²) in [4.78, 5) is 22.4. The summed E-state index contributed by atoms with van der Waals surface area (Å²) in [6.07, 6.45) is 1.79. The fraction of sp³-hybridized carbons (Fsp3) is 0.294. The lowest BCUT2D eigenvalue weighted by Gasteiger charge is -2.05. The summed E-state index contributed by atoms with van der Waals surface area (Å²) >= 11 is 0. The molecule has 5 nitrogen and oxygen atoms in total. The highest BCUT2D eigenvalue weighted by Crippen LogP contribution is 2.20. The van der Waals surface area contributed by atoms with E-state index in [0.29, 0.717) is 24.3 Å². The van der Waals surface area contributed by atoms with Crippen LogP contribution in [0.2, 0.25) is 0 Å². The molecule has 116 valence electrons. The second-order valence-corrected chi connectivity index (χ2v) is 5.18. The Morgan fingerprint density at radius 1 is 1.36 bits per heavy atom. The number of nitrogens with two attached hydrogens (primary N) is 1. The van der Waals surface area contributed by atoms with Crippen LogP contribution in [0.15, 0.2) is 41.0 Å². The van der Waals surface area contributed by atoms with Gasteiger partial charge in [0.1, 0.15) is 5.76 Å². The van der Waals surface area contributed by atoms with E-state index in [1.807, 2.05) is 25.1 Å². The van der Waals surface area contributed by atoms with Gasteiger partial charge in [-0.05, 0) is 17.2 Å². The number of Topliss-reactive ketones (excluding diaryl/α,β-unsaturated/α-hetero) is 1. The number of ether oxygens (including phenoxy) is 1. The monoisotopic (exact) mass is 301 g/mol. The maximum Gasteiger partial charge on any atom is 0.293 e. The van der Waals surface area contributed by atoms with E-state index in [4.69, 9.17) is 14.9 Å². The Bertz CT molecular complexity index is 630. The third-order valence-corrected chi connectivity index (χ3v) is 3.50. The minimum Gasteiger partial charge on any atom is -0.469 e. The molecule has 5 heteroatoms. The molecule has 2 rings (SSSR count). The summed E-state index contributed by atoms with van der Waals surface area (Å²) in [6.45, 7) is 3.09. The zero-order valence-corrected chi connectivity index (χ0v) is 12.5. The molecule has 0 spiro atoms. The molecule has 1 atom stereocenters. The number of hydrogen-bond donors (Lipinski definition) is 1. The van der Waals surface area contributed by atoms with Gasteiger partial charge in [0, 0.05) is 18.0 Å². The van der Waals surface area contributed by atoms with E-state index in [-0.39, 0.29) is 24.7 Å². The topological polar surface area (TPSA) is 82.5 Å². The van der Waals surface area contributed by atoms with Crippen LogP contribution in [0.1, 0.15) is 40.1 Å². The quantitative estimate of drug-likeness (QED) is 0.598. The van der Waals surface area contributed by atoms with E-state index >= 15 is 0 Å². The van der Waals surface area contributed by atoms with Gasteiger partial charge in [-0.1, -0.05) is 31.2 Å². The number of rotatable bonds is 8. The van der Waals surface area contributed by atoms with Crippen molar-refractivity contribution in [2.24, 2.45) is 5.73 Å². The fourth-order valence-corrected chi connectivity index (χ4v) is 2.12. The summed E-state index contributed by atoms with van der Waals surface area (Å²) < 4.78 is 10.1. The average molecular weight is 301 g/mol. The SMILES string of the molecule is CC(COC=O)c1coc(CC(=O)c2ccc(CN)cc2)c1. The lowest BCUT2D eigenvalue weighted by molar-refractivity contribution is -0.129. The first-order valence-corrected chi connectivity index (χ1v) is 7.08. The molecule has 0 bridgehead atoms. The van der Waals surface area contributed by atoms with E-state index in [1.165, 1.54) is 0 Å². The Kier molecular flexibility index (Phi) is 5.49. The first kappa shape index (κ1) is 16.0. The zero-order valence-electron chi connectivity index (χ0n) is 12.5. The van der Waals surface area contributed by atoms with Crippen molar-refractivity contribution in [2.45, 2.75) is 25.8 Å². The largest absolute Gasteiger partial charge is 0.469 e. The second-order valence-electron chi connectivity index (χ2n) is 5.18. The molecule has 22 heavy (non-hydrogen) atoms. The third-order valence-electron chi connectivity index (χ3n) is 3.50. The van der Waals surface area contributed by atoms with Crippen LogP contribution in [0.25, 0.3) is 0 Å². The number of hydrogen-bond acceptors (Lipinski definition) is 5. The van der Waals surface area contributed by atoms with Gasteiger partial charge in [-0.3, -0.25) is 9.59 Å². The molecule has 0 amide bonds. The van der Waals surface area contributed by atoms with Gasteiger partial charge in [0.05, 0.1) is 19.3 Å². The van der Waals surface area contributed by atoms with E-state index < -0.39 is 0 Å². The van der Waals surface area contributed by atoms with E-state index in [2.05, 4.69) is 0 Å². The highest BCUT2D eigenvalue weighted by atomic mass is 16.5. The maximum absolute atomic E-state index is 12.2. The molecule has 0 aliphatic rings. The van der Waals surface area contributed by atoms with Gasteiger partial charge in [-0.15, -0.1) is 0 Å². The van der Waals surface area contributed by atoms with Gasteiger partial charge in [0.25, 0.3) is 6.47 Å². The van der Waals surface area contributed by atoms with E-state index in [9.17, 15) is 9.59 Å². The van der Waals surface area contributed by atoms with Crippen LogP contribution in [0, 0.1) is 0 Å². The molecule has 2 aromatic rings. The van der Waals surface area contributed by atoms with Crippen molar-refractivity contribution < 1.29 is 18.7 Å². The first-order valence-electron chi connectivity index (χ1n) is 7.08. The van der Waals surface area contributed by atoms with Crippen molar-refractivity contribution in [3.8, 4) is 0 Å². The minimum atomic E-state index is -0.0127. The van der Waals surface area contributed by atoms with Crippen LogP contribution < -0.4 is 5.73 Å². The van der Waals surface area contributed by atoms with Crippen LogP contribution >= 0.6 is 0 Å². The molecule has 1 aromatic carbocycles. The Morgan fingerprint density at radius 2 is 2.09 bits per heavy atom. The molecule has 0 fully saturated rings. The summed E-state index contributed by atoms with van der Waals surface area (Å²) in [7, 11) is 0. The summed E-state index contributed by atoms with van der Waals surface area (Å²) in [5.41, 5.74) is 8.06. The average Bonchev–Trinajstić information content (AvgIpc) is 3.01. The fourth-order valence-electron chi connectivity index (χ4n) is 2.12. The Balaban J connectivity index is 1.99. The predicted octanol–water partition coefficient (Wildman–Crippen LogP) is 2.44. The van der Waals surface area contributed by atoms with Crippen molar-refractivity contribution in [1.82, 2.24) is 0 Å². The number of carbonyl (C=O) groups excluding carboxylic acids is 2. The van der Waals surface area contributed by atoms with Crippen LogP contribution in [-0.2, 0) is 22.5 Å². The highest BCUT2D eigenvalue weighted by molar-refractivity contribution is 5.97. The van der Waals surface area contributed by atoms with Crippen LogP contribution in [-0.4, -0.2) is 18.9 Å². The Labute approximate surface area is 129 Å². The lowest BCUT2D eigenvalue weighted by Crippen LogP contribution is -2.04. The summed E-state index contributed by atoms with van der Waals surface area (Å²) in [5.74, 6) is 0.615. The smallest absolute Gasteiger partial charge is 0.293 e. The first-order chi connectivity index (χ1) is 10.6. The number of furan rings is 1. The van der Waals surface area contributed by atoms with Crippen LogP contribution in [0.5, 0.6) is 0 Å². The molecule has 0 aliphatic heterocycles. The van der Waals surface area contributed by atoms with Gasteiger partial charge >= 0.3 is 0 Å². The van der Waals surface area contributed by atoms with Gasteiger partial charge in [0.15, 0.2) is 5.78 Å². The van der Waals surface area contributed by atoms with Crippen LogP contribution in [0.3, 0.4) is 0 Å². The minimum absolute atomic E-state index is 0.0127. The van der Waals surface area contributed by atoms with Gasteiger partial charge in [-0.2, -0.15) is 0 Å². The van der Waals surface area contributed by atoms with E-state index in [0.717, 1.165) is 11.1 Å². The summed E-state index contributed by atoms with van der Waals surface area (Å²) in [6, 6.07) is 9.06. The summed E-state index contributed by atoms with van der Waals surface area (Å²) in [5, 5.41) is 0. The predicted molar refractivity (Wildman–Crippen MR) is 81.5 cm³/mol. The molecule has 0 saturated carbocycles. The number of carbonyl (C=O) groups is 2. The van der Waals surface area contributed by atoms with Gasteiger partial charge in [-0.25, -0.2) is 0 Å². The molecule has 1 unspecified atom stereocenters. The Morgan fingerprint density at radius 3 is 2.73 bits per heavy atom. The molecule has 1 heterocycles. The number of ketones is 1. The lowest BCUT2D eigenvalue weighted by atomic mass is 10.0. The molecule has 1 aromatic heterocycles. The Hall–Kier alpha value is -2.40. The zero-order chi connectivity index (χ0) is 15.9. The molecule has 0 aliphatic carbocycles. The highest BCUT2D eigenvalue weighted by Gasteiger charge is 2.14. The van der Waals surface area contributed by atoms with Gasteiger partial charge < -0.3 is 14.9 Å². The van der Waals surface area contributed by atoms with Crippen molar-refractivity contribution >= 4 is 12.3 Å². The van der Waals surface area contributed by atoms with Crippen molar-refractivity contribution in [3.63, 3.8) is 0 Å². The number of benzene rings is 1. The second kappa shape index (κ2) is 7.56. The molecular weight excluding hydrogens is 282 g/mol. The normalized spacial score (nSPS) is 11.9. The standard InChI is InChI=1S/C17H19NO4/c1-12(9-21-11-19)15-6-16(22-10-15)7-17(20)14-4-2-13(8-18)3-5-14/h2-6,10-12H,7-9,18H2,1H3.